The van der Waals surface area contributed by atoms with Crippen LogP contribution in [0.1, 0.15) is 51.2 Å². The SMILES string of the molecule is CCNCc1oc(CN2CC(C)CC(C)C2C)cc1C. The van der Waals surface area contributed by atoms with Crippen LogP contribution in [0.5, 0.6) is 0 Å². The molecule has 1 N–H and O–H groups in total. The van der Waals surface area contributed by atoms with Gasteiger partial charge in [0.25, 0.3) is 0 Å². The maximum atomic E-state index is 6.03. The summed E-state index contributed by atoms with van der Waals surface area (Å²) < 4.78 is 6.03. The van der Waals surface area contributed by atoms with Gasteiger partial charge in [-0.1, -0.05) is 20.8 Å². The summed E-state index contributed by atoms with van der Waals surface area (Å²) in [6.45, 7) is 15.3. The third kappa shape index (κ3) is 3.64. The fourth-order valence-corrected chi connectivity index (χ4v) is 3.32. The van der Waals surface area contributed by atoms with Crippen LogP contribution in [-0.4, -0.2) is 24.0 Å². The van der Waals surface area contributed by atoms with Crippen LogP contribution in [0.2, 0.25) is 0 Å². The fourth-order valence-electron chi connectivity index (χ4n) is 3.32. The minimum atomic E-state index is 0.647. The minimum absolute atomic E-state index is 0.647. The molecule has 114 valence electrons. The molecule has 1 aliphatic rings. The van der Waals surface area contributed by atoms with E-state index in [2.05, 4.69) is 50.9 Å². The largest absolute Gasteiger partial charge is 0.463 e. The van der Waals surface area contributed by atoms with E-state index in [4.69, 9.17) is 4.42 Å². The van der Waals surface area contributed by atoms with E-state index in [1.165, 1.54) is 18.5 Å². The Morgan fingerprint density at radius 2 is 2.10 bits per heavy atom. The van der Waals surface area contributed by atoms with Gasteiger partial charge in [0.2, 0.25) is 0 Å². The van der Waals surface area contributed by atoms with Crippen molar-refractivity contribution in [2.24, 2.45) is 11.8 Å². The first-order chi connectivity index (χ1) is 9.51. The molecule has 3 unspecified atom stereocenters. The van der Waals surface area contributed by atoms with Gasteiger partial charge in [0.15, 0.2) is 0 Å². The molecule has 0 saturated carbocycles. The lowest BCUT2D eigenvalue weighted by Crippen LogP contribution is -2.45. The Hall–Kier alpha value is -0.800. The van der Waals surface area contributed by atoms with E-state index >= 15 is 0 Å². The van der Waals surface area contributed by atoms with E-state index < -0.39 is 0 Å². The third-order valence-corrected chi connectivity index (χ3v) is 4.69. The molecule has 0 aromatic carbocycles. The minimum Gasteiger partial charge on any atom is -0.463 e. The average molecular weight is 278 g/mol. The lowest BCUT2D eigenvalue weighted by molar-refractivity contribution is 0.0665. The second-order valence-electron chi connectivity index (χ2n) is 6.59. The molecule has 2 heterocycles. The van der Waals surface area contributed by atoms with Gasteiger partial charge in [-0.25, -0.2) is 0 Å². The molecule has 0 aliphatic carbocycles. The standard InChI is InChI=1S/C17H30N2O/c1-6-18-9-17-14(4)8-16(20-17)11-19-10-12(2)7-13(3)15(19)5/h8,12-13,15,18H,6-7,9-11H2,1-5H3. The van der Waals surface area contributed by atoms with Crippen LogP contribution in [-0.2, 0) is 13.1 Å². The predicted molar refractivity (Wildman–Crippen MR) is 83.6 cm³/mol. The lowest BCUT2D eigenvalue weighted by atomic mass is 9.86. The van der Waals surface area contributed by atoms with Crippen LogP contribution in [0.15, 0.2) is 10.5 Å². The maximum Gasteiger partial charge on any atom is 0.120 e. The van der Waals surface area contributed by atoms with Crippen molar-refractivity contribution in [3.8, 4) is 0 Å². The first kappa shape index (κ1) is 15.6. The van der Waals surface area contributed by atoms with Gasteiger partial charge in [0.05, 0.1) is 13.1 Å². The number of nitrogens with one attached hydrogen (secondary N) is 1. The van der Waals surface area contributed by atoms with Gasteiger partial charge in [-0.05, 0) is 50.3 Å². The monoisotopic (exact) mass is 278 g/mol. The molecule has 0 spiro atoms. The third-order valence-electron chi connectivity index (χ3n) is 4.69. The van der Waals surface area contributed by atoms with E-state index in [0.29, 0.717) is 6.04 Å². The maximum absolute atomic E-state index is 6.03. The number of hydrogen-bond donors (Lipinski definition) is 1. The number of hydrogen-bond acceptors (Lipinski definition) is 3. The molecule has 2 rings (SSSR count). The van der Waals surface area contributed by atoms with Gasteiger partial charge in [0, 0.05) is 12.6 Å². The molecule has 0 radical (unpaired) electrons. The smallest absolute Gasteiger partial charge is 0.120 e. The molecule has 1 aromatic heterocycles. The highest BCUT2D eigenvalue weighted by Gasteiger charge is 2.29. The summed E-state index contributed by atoms with van der Waals surface area (Å²) in [6.07, 6.45) is 1.35. The molecule has 1 aliphatic heterocycles. The molecule has 3 atom stereocenters. The molecule has 3 nitrogen and oxygen atoms in total. The van der Waals surface area contributed by atoms with Crippen molar-refractivity contribution in [2.45, 2.75) is 60.2 Å². The van der Waals surface area contributed by atoms with E-state index in [-0.39, 0.29) is 0 Å². The van der Waals surface area contributed by atoms with Crippen molar-refractivity contribution in [3.05, 3.63) is 23.2 Å². The highest BCUT2D eigenvalue weighted by molar-refractivity contribution is 5.20. The molecule has 0 bridgehead atoms. The van der Waals surface area contributed by atoms with Crippen LogP contribution in [0.4, 0.5) is 0 Å². The second-order valence-corrected chi connectivity index (χ2v) is 6.59. The van der Waals surface area contributed by atoms with E-state index in [0.717, 1.165) is 43.0 Å². The lowest BCUT2D eigenvalue weighted by Gasteiger charge is -2.40. The zero-order valence-corrected chi connectivity index (χ0v) is 13.7. The molecule has 0 amide bonds. The van der Waals surface area contributed by atoms with Crippen molar-refractivity contribution in [1.82, 2.24) is 10.2 Å². The first-order valence-electron chi connectivity index (χ1n) is 8.04. The normalized spacial score (nSPS) is 27.9. The second kappa shape index (κ2) is 6.77. The van der Waals surface area contributed by atoms with Gasteiger partial charge in [-0.15, -0.1) is 0 Å². The van der Waals surface area contributed by atoms with Crippen LogP contribution in [0.25, 0.3) is 0 Å². The summed E-state index contributed by atoms with van der Waals surface area (Å²) in [5.74, 6) is 3.77. The number of furan rings is 1. The van der Waals surface area contributed by atoms with Crippen LogP contribution in [0, 0.1) is 18.8 Å². The van der Waals surface area contributed by atoms with Gasteiger partial charge >= 0.3 is 0 Å². The van der Waals surface area contributed by atoms with Crippen LogP contribution in [0.3, 0.4) is 0 Å². The van der Waals surface area contributed by atoms with Gasteiger partial charge < -0.3 is 9.73 Å². The summed E-state index contributed by atoms with van der Waals surface area (Å²) in [5.41, 5.74) is 1.27. The molecular weight excluding hydrogens is 248 g/mol. The Bertz CT molecular complexity index is 427. The fraction of sp³-hybridized carbons (Fsp3) is 0.765. The van der Waals surface area contributed by atoms with Crippen molar-refractivity contribution in [2.75, 3.05) is 13.1 Å². The summed E-state index contributed by atoms with van der Waals surface area (Å²) >= 11 is 0. The summed E-state index contributed by atoms with van der Waals surface area (Å²) in [6, 6.07) is 2.86. The quantitative estimate of drug-likeness (QED) is 0.892. The summed E-state index contributed by atoms with van der Waals surface area (Å²) in [4.78, 5) is 2.58. The molecule has 1 fully saturated rings. The van der Waals surface area contributed by atoms with Crippen molar-refractivity contribution >= 4 is 0 Å². The number of nitrogens with zero attached hydrogens (tertiary/aromatic N) is 1. The predicted octanol–water partition coefficient (Wildman–Crippen LogP) is 3.56. The van der Waals surface area contributed by atoms with E-state index in [1.807, 2.05) is 0 Å². The Morgan fingerprint density at radius 1 is 1.35 bits per heavy atom. The topological polar surface area (TPSA) is 28.4 Å². The van der Waals surface area contributed by atoms with Crippen molar-refractivity contribution in [1.29, 1.82) is 0 Å². The number of aryl methyl sites for hydroxylation is 1. The Labute approximate surface area is 123 Å². The van der Waals surface area contributed by atoms with Gasteiger partial charge in [-0.3, -0.25) is 4.90 Å². The number of piperidine rings is 1. The summed E-state index contributed by atoms with van der Waals surface area (Å²) in [5, 5.41) is 3.34. The zero-order chi connectivity index (χ0) is 14.7. The van der Waals surface area contributed by atoms with Crippen LogP contribution >= 0.6 is 0 Å². The van der Waals surface area contributed by atoms with Gasteiger partial charge in [-0.2, -0.15) is 0 Å². The highest BCUT2D eigenvalue weighted by Crippen LogP contribution is 2.28. The van der Waals surface area contributed by atoms with E-state index in [1.54, 1.807) is 0 Å². The average Bonchev–Trinajstić information content (AvgIpc) is 2.73. The number of rotatable bonds is 5. The molecule has 20 heavy (non-hydrogen) atoms. The van der Waals surface area contributed by atoms with Crippen LogP contribution < -0.4 is 5.32 Å². The van der Waals surface area contributed by atoms with Gasteiger partial charge in [0.1, 0.15) is 11.5 Å². The van der Waals surface area contributed by atoms with Crippen molar-refractivity contribution in [3.63, 3.8) is 0 Å². The molecule has 3 heteroatoms. The highest BCUT2D eigenvalue weighted by atomic mass is 16.3. The summed E-state index contributed by atoms with van der Waals surface area (Å²) in [7, 11) is 0. The zero-order valence-electron chi connectivity index (χ0n) is 13.7. The molecule has 1 aromatic rings. The number of likely N-dealkylation sites (tertiary alicyclic amines) is 1. The molecular formula is C17H30N2O. The Balaban J connectivity index is 2.01. The van der Waals surface area contributed by atoms with E-state index in [9.17, 15) is 0 Å². The Kier molecular flexibility index (Phi) is 5.28. The van der Waals surface area contributed by atoms with Crippen molar-refractivity contribution < 1.29 is 4.42 Å². The molecule has 1 saturated heterocycles. The Morgan fingerprint density at radius 3 is 2.80 bits per heavy atom. The first-order valence-corrected chi connectivity index (χ1v) is 8.04.